The van der Waals surface area contributed by atoms with Crippen LogP contribution < -0.4 is 4.74 Å². The summed E-state index contributed by atoms with van der Waals surface area (Å²) in [5.41, 5.74) is 1.91. The van der Waals surface area contributed by atoms with E-state index < -0.39 is 37.3 Å². The van der Waals surface area contributed by atoms with Gasteiger partial charge in [0.05, 0.1) is 6.61 Å². The van der Waals surface area contributed by atoms with E-state index in [0.717, 1.165) is 11.1 Å². The standard InChI is InChI=1S/C14H20O6/c1-7-4-3-5-9(8(7)2)19-14-13(18)12(17)11(16)10(6-15)20-14/h3-5,10-18H,6H2,1-2H3/t10-,11+,12-,13+,14+/m0/s1. The van der Waals surface area contributed by atoms with Crippen LogP contribution in [-0.2, 0) is 4.74 Å². The lowest BCUT2D eigenvalue weighted by molar-refractivity contribution is -0.277. The van der Waals surface area contributed by atoms with E-state index in [0.29, 0.717) is 5.75 Å². The van der Waals surface area contributed by atoms with Gasteiger partial charge in [0.1, 0.15) is 30.2 Å². The van der Waals surface area contributed by atoms with Crippen molar-refractivity contribution in [2.45, 2.75) is 44.6 Å². The van der Waals surface area contributed by atoms with Crippen LogP contribution in [0.3, 0.4) is 0 Å². The predicted octanol–water partition coefficient (Wildman–Crippen LogP) is -0.518. The maximum Gasteiger partial charge on any atom is 0.229 e. The fourth-order valence-electron chi connectivity index (χ4n) is 2.14. The van der Waals surface area contributed by atoms with E-state index in [1.807, 2.05) is 26.0 Å². The van der Waals surface area contributed by atoms with Crippen LogP contribution in [0.1, 0.15) is 11.1 Å². The second kappa shape index (κ2) is 6.07. The maximum absolute atomic E-state index is 9.90. The molecule has 2 rings (SSSR count). The van der Waals surface area contributed by atoms with Crippen LogP contribution in [-0.4, -0.2) is 57.7 Å². The van der Waals surface area contributed by atoms with Crippen molar-refractivity contribution in [3.8, 4) is 5.75 Å². The highest BCUT2D eigenvalue weighted by atomic mass is 16.7. The van der Waals surface area contributed by atoms with Gasteiger partial charge in [0.15, 0.2) is 0 Å². The van der Waals surface area contributed by atoms with Gasteiger partial charge in [-0.15, -0.1) is 0 Å². The number of hydrogen-bond acceptors (Lipinski definition) is 6. The number of benzene rings is 1. The highest BCUT2D eigenvalue weighted by molar-refractivity contribution is 5.38. The van der Waals surface area contributed by atoms with Crippen molar-refractivity contribution in [1.29, 1.82) is 0 Å². The second-order valence-electron chi connectivity index (χ2n) is 5.01. The van der Waals surface area contributed by atoms with Gasteiger partial charge in [-0.25, -0.2) is 0 Å². The number of aliphatic hydroxyl groups is 4. The third-order valence-corrected chi connectivity index (χ3v) is 3.65. The Kier molecular flexibility index (Phi) is 4.62. The van der Waals surface area contributed by atoms with Crippen LogP contribution in [0.4, 0.5) is 0 Å². The van der Waals surface area contributed by atoms with E-state index >= 15 is 0 Å². The number of hydrogen-bond donors (Lipinski definition) is 4. The van der Waals surface area contributed by atoms with Gasteiger partial charge in [0.25, 0.3) is 0 Å². The molecule has 1 aromatic rings. The van der Waals surface area contributed by atoms with Crippen LogP contribution in [0.25, 0.3) is 0 Å². The lowest BCUT2D eigenvalue weighted by Gasteiger charge is -2.39. The third kappa shape index (κ3) is 2.79. The summed E-state index contributed by atoms with van der Waals surface area (Å²) in [6, 6.07) is 5.46. The molecule has 1 aliphatic heterocycles. The van der Waals surface area contributed by atoms with E-state index in [2.05, 4.69) is 0 Å². The topological polar surface area (TPSA) is 99.4 Å². The summed E-state index contributed by atoms with van der Waals surface area (Å²) in [4.78, 5) is 0. The zero-order valence-corrected chi connectivity index (χ0v) is 11.4. The normalized spacial score (nSPS) is 34.0. The van der Waals surface area contributed by atoms with E-state index in [4.69, 9.17) is 14.6 Å². The van der Waals surface area contributed by atoms with Crippen LogP contribution in [0.5, 0.6) is 5.75 Å². The quantitative estimate of drug-likeness (QED) is 0.596. The molecule has 20 heavy (non-hydrogen) atoms. The van der Waals surface area contributed by atoms with E-state index in [1.165, 1.54) is 0 Å². The molecule has 1 heterocycles. The van der Waals surface area contributed by atoms with E-state index in [1.54, 1.807) is 6.07 Å². The fourth-order valence-corrected chi connectivity index (χ4v) is 2.14. The van der Waals surface area contributed by atoms with Crippen molar-refractivity contribution in [1.82, 2.24) is 0 Å². The molecule has 0 saturated carbocycles. The largest absolute Gasteiger partial charge is 0.462 e. The van der Waals surface area contributed by atoms with Gasteiger partial charge < -0.3 is 29.9 Å². The van der Waals surface area contributed by atoms with E-state index in [-0.39, 0.29) is 0 Å². The molecule has 0 aromatic heterocycles. The molecule has 0 aliphatic carbocycles. The minimum absolute atomic E-state index is 0.475. The highest BCUT2D eigenvalue weighted by Crippen LogP contribution is 2.27. The van der Waals surface area contributed by atoms with Gasteiger partial charge in [-0.05, 0) is 31.0 Å². The summed E-state index contributed by atoms with van der Waals surface area (Å²) in [7, 11) is 0. The van der Waals surface area contributed by atoms with Crippen LogP contribution in [0, 0.1) is 13.8 Å². The minimum atomic E-state index is -1.43. The first kappa shape index (κ1) is 15.2. The van der Waals surface area contributed by atoms with Crippen molar-refractivity contribution in [3.63, 3.8) is 0 Å². The minimum Gasteiger partial charge on any atom is -0.462 e. The summed E-state index contributed by atoms with van der Waals surface area (Å²) in [5, 5.41) is 38.4. The molecule has 1 aromatic carbocycles. The number of ether oxygens (including phenoxy) is 2. The Morgan fingerprint density at radius 1 is 1.10 bits per heavy atom. The predicted molar refractivity (Wildman–Crippen MR) is 70.3 cm³/mol. The van der Waals surface area contributed by atoms with Gasteiger partial charge >= 0.3 is 0 Å². The lowest BCUT2D eigenvalue weighted by atomic mass is 9.99. The molecule has 0 bridgehead atoms. The Morgan fingerprint density at radius 2 is 1.80 bits per heavy atom. The van der Waals surface area contributed by atoms with Crippen molar-refractivity contribution < 1.29 is 29.9 Å². The molecule has 1 saturated heterocycles. The molecule has 1 fully saturated rings. The first-order valence-corrected chi connectivity index (χ1v) is 6.49. The Balaban J connectivity index is 2.17. The summed E-state index contributed by atoms with van der Waals surface area (Å²) < 4.78 is 10.9. The third-order valence-electron chi connectivity index (χ3n) is 3.65. The molecular weight excluding hydrogens is 264 g/mol. The maximum atomic E-state index is 9.90. The van der Waals surface area contributed by atoms with Crippen LogP contribution >= 0.6 is 0 Å². The van der Waals surface area contributed by atoms with Gasteiger partial charge in [0, 0.05) is 0 Å². The fraction of sp³-hybridized carbons (Fsp3) is 0.571. The van der Waals surface area contributed by atoms with Crippen molar-refractivity contribution in [2.24, 2.45) is 0 Å². The Bertz CT molecular complexity index is 461. The van der Waals surface area contributed by atoms with Crippen molar-refractivity contribution >= 4 is 0 Å². The summed E-state index contributed by atoms with van der Waals surface area (Å²) in [5.74, 6) is 0.523. The second-order valence-corrected chi connectivity index (χ2v) is 5.01. The van der Waals surface area contributed by atoms with E-state index in [9.17, 15) is 15.3 Å². The summed E-state index contributed by atoms with van der Waals surface area (Å²) in [6.45, 7) is 3.32. The molecule has 0 amide bonds. The summed E-state index contributed by atoms with van der Waals surface area (Å²) >= 11 is 0. The zero-order valence-electron chi connectivity index (χ0n) is 11.4. The molecule has 0 spiro atoms. The van der Waals surface area contributed by atoms with Gasteiger partial charge in [-0.2, -0.15) is 0 Å². The van der Waals surface area contributed by atoms with Gasteiger partial charge in [-0.3, -0.25) is 0 Å². The smallest absolute Gasteiger partial charge is 0.229 e. The molecule has 0 unspecified atom stereocenters. The zero-order chi connectivity index (χ0) is 14.9. The molecule has 0 radical (unpaired) electrons. The van der Waals surface area contributed by atoms with Crippen molar-refractivity contribution in [3.05, 3.63) is 29.3 Å². The average molecular weight is 284 g/mol. The Hall–Kier alpha value is -1.18. The monoisotopic (exact) mass is 284 g/mol. The molecular formula is C14H20O6. The average Bonchev–Trinajstić information content (AvgIpc) is 2.44. The molecule has 6 heteroatoms. The molecule has 1 aliphatic rings. The number of rotatable bonds is 3. The SMILES string of the molecule is Cc1cccc(O[C@@H]2O[C@@H](CO)[C@@H](O)[C@H](O)[C@H]2O)c1C. The van der Waals surface area contributed by atoms with Crippen LogP contribution in [0.2, 0.25) is 0 Å². The van der Waals surface area contributed by atoms with Crippen molar-refractivity contribution in [2.75, 3.05) is 6.61 Å². The molecule has 112 valence electrons. The number of aliphatic hydroxyl groups excluding tert-OH is 4. The molecule has 6 nitrogen and oxygen atoms in total. The lowest BCUT2D eigenvalue weighted by Crippen LogP contribution is -2.60. The highest BCUT2D eigenvalue weighted by Gasteiger charge is 2.44. The van der Waals surface area contributed by atoms with Gasteiger partial charge in [0.2, 0.25) is 6.29 Å². The van der Waals surface area contributed by atoms with Gasteiger partial charge in [-0.1, -0.05) is 12.1 Å². The Labute approximate surface area is 117 Å². The molecule has 5 atom stereocenters. The first-order chi connectivity index (χ1) is 9.45. The summed E-state index contributed by atoms with van der Waals surface area (Å²) in [6.07, 6.45) is -6.33. The molecule has 4 N–H and O–H groups in total. The first-order valence-electron chi connectivity index (χ1n) is 6.49. The van der Waals surface area contributed by atoms with Crippen LogP contribution in [0.15, 0.2) is 18.2 Å². The number of aryl methyl sites for hydroxylation is 1. The Morgan fingerprint density at radius 3 is 2.45 bits per heavy atom.